The monoisotopic (exact) mass is 342 g/mol. The summed E-state index contributed by atoms with van der Waals surface area (Å²) < 4.78 is 0.896. The van der Waals surface area contributed by atoms with Gasteiger partial charge in [0.2, 0.25) is 0 Å². The maximum absolute atomic E-state index is 9.61. The van der Waals surface area contributed by atoms with Crippen molar-refractivity contribution in [3.63, 3.8) is 0 Å². The van der Waals surface area contributed by atoms with Gasteiger partial charge in [0.25, 0.3) is 0 Å². The third kappa shape index (κ3) is 2.88. The van der Waals surface area contributed by atoms with Crippen LogP contribution in [0.2, 0.25) is 0 Å². The van der Waals surface area contributed by atoms with Crippen LogP contribution in [-0.2, 0) is 6.42 Å². The molecule has 0 spiro atoms. The van der Waals surface area contributed by atoms with E-state index in [1.54, 1.807) is 6.07 Å². The first kappa shape index (κ1) is 14.0. The lowest BCUT2D eigenvalue weighted by Crippen LogP contribution is -2.17. The summed E-state index contributed by atoms with van der Waals surface area (Å²) in [4.78, 5) is 0. The van der Waals surface area contributed by atoms with Crippen LogP contribution in [0.5, 0.6) is 5.75 Å². The summed E-state index contributed by atoms with van der Waals surface area (Å²) in [5.74, 6) is 0.328. The second-order valence-electron chi connectivity index (χ2n) is 5.28. The Hall–Kier alpha value is -1.99. The molecule has 0 aliphatic heterocycles. The van der Waals surface area contributed by atoms with Gasteiger partial charge in [0, 0.05) is 10.2 Å². The number of nitrogens with zero attached hydrogens (tertiary/aromatic N) is 1. The molecular formula is C17H15BrN2O. The third-order valence-electron chi connectivity index (χ3n) is 3.87. The Labute approximate surface area is 132 Å². The van der Waals surface area contributed by atoms with Gasteiger partial charge in [-0.2, -0.15) is 5.26 Å². The second-order valence-corrected chi connectivity index (χ2v) is 6.13. The van der Waals surface area contributed by atoms with Gasteiger partial charge in [-0.25, -0.2) is 0 Å². The first-order chi connectivity index (χ1) is 10.2. The van der Waals surface area contributed by atoms with Crippen LogP contribution in [0.4, 0.5) is 5.69 Å². The number of hydrogen-bond donors (Lipinski definition) is 2. The van der Waals surface area contributed by atoms with Crippen LogP contribution < -0.4 is 5.32 Å². The minimum atomic E-state index is 0.235. The van der Waals surface area contributed by atoms with Crippen molar-refractivity contribution in [3.8, 4) is 11.8 Å². The summed E-state index contributed by atoms with van der Waals surface area (Å²) >= 11 is 3.51. The molecule has 3 nitrogen and oxygen atoms in total. The molecule has 0 bridgehead atoms. The lowest BCUT2D eigenvalue weighted by Gasteiger charge is -2.27. The molecule has 0 heterocycles. The zero-order valence-electron chi connectivity index (χ0n) is 11.4. The van der Waals surface area contributed by atoms with Crippen molar-refractivity contribution in [1.82, 2.24) is 0 Å². The Morgan fingerprint density at radius 2 is 2.10 bits per heavy atom. The van der Waals surface area contributed by atoms with Gasteiger partial charge in [-0.1, -0.05) is 6.07 Å². The summed E-state index contributed by atoms with van der Waals surface area (Å²) in [6.45, 7) is 0. The van der Waals surface area contributed by atoms with Gasteiger partial charge in [0.1, 0.15) is 5.75 Å². The number of aryl methyl sites for hydroxylation is 1. The molecule has 3 rings (SSSR count). The number of hydrogen-bond acceptors (Lipinski definition) is 3. The van der Waals surface area contributed by atoms with Crippen LogP contribution in [0, 0.1) is 11.3 Å². The van der Waals surface area contributed by atoms with Crippen LogP contribution in [0.25, 0.3) is 0 Å². The van der Waals surface area contributed by atoms with Gasteiger partial charge in [0.05, 0.1) is 17.7 Å². The fraction of sp³-hybridized carbons (Fsp3) is 0.235. The molecule has 1 atom stereocenters. The first-order valence-electron chi connectivity index (χ1n) is 6.95. The molecule has 1 aliphatic rings. The normalized spacial score (nSPS) is 16.9. The van der Waals surface area contributed by atoms with Crippen molar-refractivity contribution in [1.29, 1.82) is 5.26 Å². The number of aromatic hydroxyl groups is 1. The highest BCUT2D eigenvalue weighted by molar-refractivity contribution is 9.10. The van der Waals surface area contributed by atoms with Gasteiger partial charge in [0.15, 0.2) is 0 Å². The standard InChI is InChI=1S/C17H15BrN2O/c18-15-8-11(10-19)4-7-17(15)20-16-3-1-2-12-9-13(21)5-6-14(12)16/h4-9,16,20-21H,1-3H2. The van der Waals surface area contributed by atoms with E-state index in [1.165, 1.54) is 11.1 Å². The van der Waals surface area contributed by atoms with Gasteiger partial charge in [-0.15, -0.1) is 0 Å². The van der Waals surface area contributed by atoms with E-state index in [9.17, 15) is 5.11 Å². The topological polar surface area (TPSA) is 56.0 Å². The van der Waals surface area contributed by atoms with Crippen molar-refractivity contribution in [2.45, 2.75) is 25.3 Å². The molecule has 106 valence electrons. The number of fused-ring (bicyclic) bond motifs is 1. The zero-order chi connectivity index (χ0) is 14.8. The maximum atomic E-state index is 9.61. The molecule has 2 aromatic rings. The van der Waals surface area contributed by atoms with Crippen LogP contribution in [-0.4, -0.2) is 5.11 Å². The highest BCUT2D eigenvalue weighted by Gasteiger charge is 2.21. The molecule has 4 heteroatoms. The number of anilines is 1. The van der Waals surface area contributed by atoms with Crippen LogP contribution >= 0.6 is 15.9 Å². The molecule has 21 heavy (non-hydrogen) atoms. The summed E-state index contributed by atoms with van der Waals surface area (Å²) in [5, 5.41) is 22.1. The fourth-order valence-corrected chi connectivity index (χ4v) is 3.33. The quantitative estimate of drug-likeness (QED) is 0.843. The Bertz CT molecular complexity index is 721. The Balaban J connectivity index is 1.89. The van der Waals surface area contributed by atoms with E-state index in [2.05, 4.69) is 27.3 Å². The molecule has 0 aromatic heterocycles. The Morgan fingerprint density at radius 1 is 1.24 bits per heavy atom. The molecule has 1 aliphatic carbocycles. The number of nitriles is 1. The van der Waals surface area contributed by atoms with Crippen molar-refractivity contribution in [2.75, 3.05) is 5.32 Å². The number of phenols is 1. The summed E-state index contributed by atoms with van der Waals surface area (Å²) in [5.41, 5.74) is 4.08. The molecule has 0 amide bonds. The summed E-state index contributed by atoms with van der Waals surface area (Å²) in [6.07, 6.45) is 3.17. The van der Waals surface area contributed by atoms with E-state index in [1.807, 2.05) is 30.3 Å². The van der Waals surface area contributed by atoms with Crippen molar-refractivity contribution < 1.29 is 5.11 Å². The first-order valence-corrected chi connectivity index (χ1v) is 7.74. The third-order valence-corrected chi connectivity index (χ3v) is 4.52. The largest absolute Gasteiger partial charge is 0.508 e. The minimum absolute atomic E-state index is 0.235. The smallest absolute Gasteiger partial charge is 0.115 e. The van der Waals surface area contributed by atoms with Gasteiger partial charge >= 0.3 is 0 Å². The van der Waals surface area contributed by atoms with Gasteiger partial charge < -0.3 is 10.4 Å². The lowest BCUT2D eigenvalue weighted by atomic mass is 9.87. The SMILES string of the molecule is N#Cc1ccc(NC2CCCc3cc(O)ccc32)c(Br)c1. The second kappa shape index (κ2) is 5.79. The maximum Gasteiger partial charge on any atom is 0.115 e. The van der Waals surface area contributed by atoms with E-state index in [-0.39, 0.29) is 6.04 Å². The van der Waals surface area contributed by atoms with Crippen molar-refractivity contribution in [2.24, 2.45) is 0 Å². The summed E-state index contributed by atoms with van der Waals surface area (Å²) in [6, 6.07) is 13.5. The molecule has 0 fully saturated rings. The number of halogens is 1. The molecule has 2 aromatic carbocycles. The molecule has 1 unspecified atom stereocenters. The van der Waals surface area contributed by atoms with Crippen LogP contribution in [0.1, 0.15) is 35.6 Å². The number of nitrogens with one attached hydrogen (secondary N) is 1. The van der Waals surface area contributed by atoms with Crippen LogP contribution in [0.15, 0.2) is 40.9 Å². The highest BCUT2D eigenvalue weighted by Crippen LogP contribution is 2.36. The summed E-state index contributed by atoms with van der Waals surface area (Å²) in [7, 11) is 0. The Morgan fingerprint density at radius 3 is 2.86 bits per heavy atom. The fourth-order valence-electron chi connectivity index (χ4n) is 2.84. The predicted molar refractivity (Wildman–Crippen MR) is 86.3 cm³/mol. The highest BCUT2D eigenvalue weighted by atomic mass is 79.9. The number of rotatable bonds is 2. The average molecular weight is 343 g/mol. The minimum Gasteiger partial charge on any atom is -0.508 e. The molecule has 0 saturated heterocycles. The molecule has 0 radical (unpaired) electrons. The van der Waals surface area contributed by atoms with E-state index < -0.39 is 0 Å². The molecular weight excluding hydrogens is 328 g/mol. The van der Waals surface area contributed by atoms with E-state index >= 15 is 0 Å². The molecule has 0 saturated carbocycles. The van der Waals surface area contributed by atoms with E-state index in [0.29, 0.717) is 11.3 Å². The van der Waals surface area contributed by atoms with E-state index in [4.69, 9.17) is 5.26 Å². The predicted octanol–water partition coefficient (Wildman–Crippen LogP) is 4.52. The van der Waals surface area contributed by atoms with Crippen LogP contribution in [0.3, 0.4) is 0 Å². The number of phenolic OH excluding ortho intramolecular Hbond substituents is 1. The lowest BCUT2D eigenvalue weighted by molar-refractivity contribution is 0.472. The van der Waals surface area contributed by atoms with Crippen molar-refractivity contribution >= 4 is 21.6 Å². The van der Waals surface area contributed by atoms with Gasteiger partial charge in [-0.05, 0) is 76.7 Å². The Kier molecular flexibility index (Phi) is 3.85. The average Bonchev–Trinajstić information content (AvgIpc) is 2.49. The van der Waals surface area contributed by atoms with Gasteiger partial charge in [-0.3, -0.25) is 0 Å². The zero-order valence-corrected chi connectivity index (χ0v) is 13.0. The van der Waals surface area contributed by atoms with Crippen molar-refractivity contribution in [3.05, 3.63) is 57.6 Å². The molecule has 2 N–H and O–H groups in total. The number of benzene rings is 2. The van der Waals surface area contributed by atoms with E-state index in [0.717, 1.165) is 29.4 Å².